The van der Waals surface area contributed by atoms with Crippen molar-refractivity contribution in [3.8, 4) is 5.75 Å². The molecular formula is C21H29NO2. The SMILES string of the molecule is COc1ccc(CCC2CCN(C(=O)CC3C=CCC3)CC2)cc1. The van der Waals surface area contributed by atoms with Gasteiger partial charge in [-0.25, -0.2) is 0 Å². The third-order valence-electron chi connectivity index (χ3n) is 5.52. The van der Waals surface area contributed by atoms with E-state index in [1.807, 2.05) is 12.1 Å². The molecule has 0 bridgehead atoms. The van der Waals surface area contributed by atoms with E-state index in [2.05, 4.69) is 29.2 Å². The Kier molecular flexibility index (Phi) is 5.95. The van der Waals surface area contributed by atoms with Crippen LogP contribution in [0.25, 0.3) is 0 Å². The van der Waals surface area contributed by atoms with Crippen molar-refractivity contribution in [2.24, 2.45) is 11.8 Å². The van der Waals surface area contributed by atoms with Crippen LogP contribution in [-0.4, -0.2) is 31.0 Å². The molecule has 1 atom stereocenters. The molecule has 1 aromatic carbocycles. The molecule has 2 aliphatic rings. The van der Waals surface area contributed by atoms with Crippen molar-refractivity contribution in [3.63, 3.8) is 0 Å². The summed E-state index contributed by atoms with van der Waals surface area (Å²) in [6, 6.07) is 8.39. The van der Waals surface area contributed by atoms with E-state index in [4.69, 9.17) is 4.74 Å². The molecule has 0 N–H and O–H groups in total. The Morgan fingerprint density at radius 3 is 2.54 bits per heavy atom. The standard InChI is InChI=1S/C21H29NO2/c1-24-20-10-8-17(9-11-20)6-7-18-12-14-22(15-13-18)21(23)16-19-4-2-3-5-19/h2,4,8-11,18-19H,3,5-7,12-16H2,1H3. The van der Waals surface area contributed by atoms with E-state index < -0.39 is 0 Å². The van der Waals surface area contributed by atoms with Crippen LogP contribution in [0.3, 0.4) is 0 Å². The Hall–Kier alpha value is -1.77. The summed E-state index contributed by atoms with van der Waals surface area (Å²) in [5, 5.41) is 0. The molecule has 1 heterocycles. The summed E-state index contributed by atoms with van der Waals surface area (Å²) in [7, 11) is 1.70. The van der Waals surface area contributed by atoms with Gasteiger partial charge in [-0.15, -0.1) is 0 Å². The second-order valence-corrected chi connectivity index (χ2v) is 7.18. The van der Waals surface area contributed by atoms with Gasteiger partial charge in [-0.1, -0.05) is 24.3 Å². The second kappa shape index (κ2) is 8.36. The minimum absolute atomic E-state index is 0.361. The molecular weight excluding hydrogens is 298 g/mol. The van der Waals surface area contributed by atoms with Crippen LogP contribution < -0.4 is 4.74 Å². The lowest BCUT2D eigenvalue weighted by Gasteiger charge is -2.32. The van der Waals surface area contributed by atoms with Crippen LogP contribution in [0.2, 0.25) is 0 Å². The number of benzene rings is 1. The first-order valence-electron chi connectivity index (χ1n) is 9.32. The number of methoxy groups -OCH3 is 1. The number of carbonyl (C=O) groups is 1. The number of allylic oxidation sites excluding steroid dienone is 2. The number of piperidine rings is 1. The molecule has 0 radical (unpaired) electrons. The van der Waals surface area contributed by atoms with E-state index in [-0.39, 0.29) is 0 Å². The topological polar surface area (TPSA) is 29.5 Å². The summed E-state index contributed by atoms with van der Waals surface area (Å²) in [6.45, 7) is 1.89. The number of likely N-dealkylation sites (tertiary alicyclic amines) is 1. The molecule has 1 aromatic rings. The number of amides is 1. The van der Waals surface area contributed by atoms with E-state index in [9.17, 15) is 4.79 Å². The monoisotopic (exact) mass is 327 g/mol. The van der Waals surface area contributed by atoms with Gasteiger partial charge in [0.05, 0.1) is 7.11 Å². The number of hydrogen-bond donors (Lipinski definition) is 0. The molecule has 1 aliphatic heterocycles. The zero-order valence-electron chi connectivity index (χ0n) is 14.7. The maximum atomic E-state index is 12.4. The predicted molar refractivity (Wildman–Crippen MR) is 97.1 cm³/mol. The van der Waals surface area contributed by atoms with E-state index >= 15 is 0 Å². The van der Waals surface area contributed by atoms with Crippen molar-refractivity contribution >= 4 is 5.91 Å². The van der Waals surface area contributed by atoms with Crippen LogP contribution in [0.15, 0.2) is 36.4 Å². The lowest BCUT2D eigenvalue weighted by Crippen LogP contribution is -2.39. The zero-order valence-corrected chi connectivity index (χ0v) is 14.7. The number of hydrogen-bond acceptors (Lipinski definition) is 2. The summed E-state index contributed by atoms with van der Waals surface area (Å²) in [5.41, 5.74) is 1.38. The van der Waals surface area contributed by atoms with Crippen LogP contribution in [-0.2, 0) is 11.2 Å². The first kappa shape index (κ1) is 17.1. The van der Waals surface area contributed by atoms with E-state index in [1.165, 1.54) is 12.0 Å². The van der Waals surface area contributed by atoms with Crippen LogP contribution >= 0.6 is 0 Å². The minimum atomic E-state index is 0.361. The van der Waals surface area contributed by atoms with Crippen molar-refractivity contribution in [1.29, 1.82) is 0 Å². The average Bonchev–Trinajstić information content (AvgIpc) is 3.14. The van der Waals surface area contributed by atoms with Crippen molar-refractivity contribution in [1.82, 2.24) is 4.90 Å². The van der Waals surface area contributed by atoms with E-state index in [0.717, 1.165) is 56.9 Å². The fourth-order valence-electron chi connectivity index (χ4n) is 3.85. The highest BCUT2D eigenvalue weighted by Gasteiger charge is 2.24. The lowest BCUT2D eigenvalue weighted by molar-refractivity contribution is -0.133. The molecule has 3 heteroatoms. The largest absolute Gasteiger partial charge is 0.497 e. The molecule has 130 valence electrons. The van der Waals surface area contributed by atoms with Crippen LogP contribution in [0.4, 0.5) is 0 Å². The molecule has 1 saturated heterocycles. The van der Waals surface area contributed by atoms with Gasteiger partial charge in [-0.3, -0.25) is 4.79 Å². The number of carbonyl (C=O) groups excluding carboxylic acids is 1. The molecule has 0 saturated carbocycles. The van der Waals surface area contributed by atoms with Crippen molar-refractivity contribution in [2.45, 2.75) is 44.9 Å². The van der Waals surface area contributed by atoms with Gasteiger partial charge in [0.15, 0.2) is 0 Å². The molecule has 1 fully saturated rings. The van der Waals surface area contributed by atoms with Crippen LogP contribution in [0, 0.1) is 11.8 Å². The molecule has 3 rings (SSSR count). The second-order valence-electron chi connectivity index (χ2n) is 7.18. The minimum Gasteiger partial charge on any atom is -0.497 e. The third-order valence-corrected chi connectivity index (χ3v) is 5.52. The first-order valence-corrected chi connectivity index (χ1v) is 9.32. The van der Waals surface area contributed by atoms with Gasteiger partial charge in [-0.2, -0.15) is 0 Å². The van der Waals surface area contributed by atoms with Gasteiger partial charge >= 0.3 is 0 Å². The Bertz CT molecular complexity index is 556. The highest BCUT2D eigenvalue weighted by Crippen LogP contribution is 2.26. The summed E-state index contributed by atoms with van der Waals surface area (Å²) in [6.07, 6.45) is 12.1. The number of ether oxygens (including phenoxy) is 1. The Morgan fingerprint density at radius 2 is 1.92 bits per heavy atom. The zero-order chi connectivity index (χ0) is 16.8. The van der Waals surface area contributed by atoms with Gasteiger partial charge in [0, 0.05) is 19.5 Å². The summed E-state index contributed by atoms with van der Waals surface area (Å²) in [4.78, 5) is 14.5. The number of nitrogens with zero attached hydrogens (tertiary/aromatic N) is 1. The fraction of sp³-hybridized carbons (Fsp3) is 0.571. The van der Waals surface area contributed by atoms with Gasteiger partial charge in [0.1, 0.15) is 5.75 Å². The Morgan fingerprint density at radius 1 is 1.17 bits per heavy atom. The van der Waals surface area contributed by atoms with Gasteiger partial charge < -0.3 is 9.64 Å². The summed E-state index contributed by atoms with van der Waals surface area (Å²) in [5.74, 6) is 2.52. The van der Waals surface area contributed by atoms with Gasteiger partial charge in [0.25, 0.3) is 0 Å². The molecule has 3 nitrogen and oxygen atoms in total. The van der Waals surface area contributed by atoms with Crippen molar-refractivity contribution < 1.29 is 9.53 Å². The van der Waals surface area contributed by atoms with E-state index in [1.54, 1.807) is 7.11 Å². The van der Waals surface area contributed by atoms with Crippen LogP contribution in [0.1, 0.15) is 44.1 Å². The Labute approximate surface area is 145 Å². The molecule has 0 aromatic heterocycles. The maximum Gasteiger partial charge on any atom is 0.223 e. The first-order chi connectivity index (χ1) is 11.7. The van der Waals surface area contributed by atoms with Crippen molar-refractivity contribution in [2.75, 3.05) is 20.2 Å². The quantitative estimate of drug-likeness (QED) is 0.732. The van der Waals surface area contributed by atoms with E-state index in [0.29, 0.717) is 18.2 Å². The molecule has 0 spiro atoms. The molecule has 1 aliphatic carbocycles. The third kappa shape index (κ3) is 4.62. The summed E-state index contributed by atoms with van der Waals surface area (Å²) < 4.78 is 5.20. The normalized spacial score (nSPS) is 21.2. The Balaban J connectivity index is 1.38. The van der Waals surface area contributed by atoms with Crippen LogP contribution in [0.5, 0.6) is 5.75 Å². The van der Waals surface area contributed by atoms with Gasteiger partial charge in [-0.05, 0) is 68.1 Å². The summed E-state index contributed by atoms with van der Waals surface area (Å²) >= 11 is 0. The maximum absolute atomic E-state index is 12.4. The number of aryl methyl sites for hydroxylation is 1. The fourth-order valence-corrected chi connectivity index (χ4v) is 3.85. The smallest absolute Gasteiger partial charge is 0.223 e. The van der Waals surface area contributed by atoms with Crippen molar-refractivity contribution in [3.05, 3.63) is 42.0 Å². The molecule has 24 heavy (non-hydrogen) atoms. The predicted octanol–water partition coefficient (Wildman–Crippen LogP) is 4.22. The lowest BCUT2D eigenvalue weighted by atomic mass is 9.90. The molecule has 1 unspecified atom stereocenters. The highest BCUT2D eigenvalue weighted by molar-refractivity contribution is 5.76. The average molecular weight is 327 g/mol. The molecule has 1 amide bonds. The van der Waals surface area contributed by atoms with Gasteiger partial charge in [0.2, 0.25) is 5.91 Å². The number of rotatable bonds is 6. The highest BCUT2D eigenvalue weighted by atomic mass is 16.5.